The Hall–Kier alpha value is -3.80. The highest BCUT2D eigenvalue weighted by atomic mass is 16.5. The standard InChI is InChI=1S/C23H22O6/c1-16(24)29-23(21(25)14-8-17-4-10-19(27-2)11-5-17)22(26)15-9-18-6-12-20(28-3)13-7-18/h4-15,25H,1-3H3/b14-8+,15-9+,23-21+. The summed E-state index contributed by atoms with van der Waals surface area (Å²) in [6.07, 6.45) is 5.64. The Morgan fingerprint density at radius 3 is 1.66 bits per heavy atom. The van der Waals surface area contributed by atoms with Crippen molar-refractivity contribution in [2.24, 2.45) is 0 Å². The maximum Gasteiger partial charge on any atom is 0.308 e. The number of hydrogen-bond donors (Lipinski definition) is 1. The Bertz CT molecular complexity index is 934. The molecule has 0 spiro atoms. The summed E-state index contributed by atoms with van der Waals surface area (Å²) in [6.45, 7) is 1.15. The first kappa shape index (κ1) is 21.5. The first-order valence-electron chi connectivity index (χ1n) is 8.73. The second-order valence-electron chi connectivity index (χ2n) is 5.89. The van der Waals surface area contributed by atoms with E-state index in [1.165, 1.54) is 12.2 Å². The van der Waals surface area contributed by atoms with Gasteiger partial charge in [0.05, 0.1) is 14.2 Å². The van der Waals surface area contributed by atoms with Gasteiger partial charge in [0.25, 0.3) is 0 Å². The molecule has 1 N–H and O–H groups in total. The molecule has 6 nitrogen and oxygen atoms in total. The molecule has 150 valence electrons. The zero-order valence-electron chi connectivity index (χ0n) is 16.4. The van der Waals surface area contributed by atoms with Crippen molar-refractivity contribution in [3.8, 4) is 11.5 Å². The molecule has 0 aliphatic rings. The number of esters is 1. The van der Waals surface area contributed by atoms with E-state index in [9.17, 15) is 14.7 Å². The molecule has 0 saturated carbocycles. The minimum atomic E-state index is -0.712. The van der Waals surface area contributed by atoms with Crippen LogP contribution in [-0.4, -0.2) is 31.1 Å². The second kappa shape index (κ2) is 10.5. The lowest BCUT2D eigenvalue weighted by Crippen LogP contribution is -2.10. The quantitative estimate of drug-likeness (QED) is 0.311. The topological polar surface area (TPSA) is 82.1 Å². The molecule has 0 saturated heterocycles. The first-order chi connectivity index (χ1) is 13.9. The van der Waals surface area contributed by atoms with Crippen LogP contribution < -0.4 is 9.47 Å². The van der Waals surface area contributed by atoms with Crippen LogP contribution in [0.25, 0.3) is 12.2 Å². The fourth-order valence-electron chi connectivity index (χ4n) is 2.30. The molecule has 0 atom stereocenters. The lowest BCUT2D eigenvalue weighted by molar-refractivity contribution is -0.139. The first-order valence-corrected chi connectivity index (χ1v) is 8.73. The maximum atomic E-state index is 12.5. The minimum Gasteiger partial charge on any atom is -0.504 e. The van der Waals surface area contributed by atoms with Crippen LogP contribution in [0, 0.1) is 0 Å². The van der Waals surface area contributed by atoms with Gasteiger partial charge in [0.15, 0.2) is 5.76 Å². The normalized spacial score (nSPS) is 12.0. The van der Waals surface area contributed by atoms with Crippen molar-refractivity contribution < 1.29 is 28.9 Å². The highest BCUT2D eigenvalue weighted by molar-refractivity contribution is 6.06. The molecule has 6 heteroatoms. The van der Waals surface area contributed by atoms with Crippen LogP contribution in [0.3, 0.4) is 0 Å². The maximum absolute atomic E-state index is 12.5. The van der Waals surface area contributed by atoms with Crippen LogP contribution in [0.5, 0.6) is 11.5 Å². The predicted octanol–water partition coefficient (Wildman–Crippen LogP) is 4.33. The summed E-state index contributed by atoms with van der Waals surface area (Å²) < 4.78 is 15.1. The van der Waals surface area contributed by atoms with E-state index in [2.05, 4.69) is 0 Å². The van der Waals surface area contributed by atoms with Crippen LogP contribution in [0.4, 0.5) is 0 Å². The van der Waals surface area contributed by atoms with Crippen molar-refractivity contribution in [3.05, 3.63) is 83.3 Å². The van der Waals surface area contributed by atoms with Crippen molar-refractivity contribution in [2.45, 2.75) is 6.92 Å². The summed E-state index contributed by atoms with van der Waals surface area (Å²) in [5.74, 6) is -0.882. The molecule has 0 radical (unpaired) electrons. The molecular weight excluding hydrogens is 372 g/mol. The van der Waals surface area contributed by atoms with Gasteiger partial charge in [0.2, 0.25) is 11.5 Å². The lowest BCUT2D eigenvalue weighted by atomic mass is 10.1. The molecule has 0 aliphatic carbocycles. The van der Waals surface area contributed by atoms with E-state index in [1.807, 2.05) is 0 Å². The number of methoxy groups -OCH3 is 2. The van der Waals surface area contributed by atoms with Gasteiger partial charge < -0.3 is 19.3 Å². The highest BCUT2D eigenvalue weighted by Crippen LogP contribution is 2.16. The minimum absolute atomic E-state index is 0.452. The van der Waals surface area contributed by atoms with E-state index in [0.29, 0.717) is 11.5 Å². The Balaban J connectivity index is 2.22. The van der Waals surface area contributed by atoms with Crippen molar-refractivity contribution in [1.29, 1.82) is 0 Å². The highest BCUT2D eigenvalue weighted by Gasteiger charge is 2.15. The number of carbonyl (C=O) groups is 2. The third-order valence-corrected chi connectivity index (χ3v) is 3.79. The van der Waals surface area contributed by atoms with Crippen molar-refractivity contribution >= 4 is 23.9 Å². The van der Waals surface area contributed by atoms with Gasteiger partial charge in [-0.05, 0) is 47.5 Å². The molecule has 0 aromatic heterocycles. The number of hydrogen-bond acceptors (Lipinski definition) is 6. The van der Waals surface area contributed by atoms with E-state index >= 15 is 0 Å². The van der Waals surface area contributed by atoms with Crippen LogP contribution in [-0.2, 0) is 14.3 Å². The molecule has 0 unspecified atom stereocenters. The van der Waals surface area contributed by atoms with Gasteiger partial charge in [-0.3, -0.25) is 9.59 Å². The van der Waals surface area contributed by atoms with Crippen molar-refractivity contribution in [1.82, 2.24) is 0 Å². The number of ketones is 1. The second-order valence-corrected chi connectivity index (χ2v) is 5.89. The molecule has 0 amide bonds. The lowest BCUT2D eigenvalue weighted by Gasteiger charge is -2.05. The fourth-order valence-corrected chi connectivity index (χ4v) is 2.30. The predicted molar refractivity (Wildman–Crippen MR) is 110 cm³/mol. The zero-order chi connectivity index (χ0) is 21.2. The molecule has 29 heavy (non-hydrogen) atoms. The average molecular weight is 394 g/mol. The van der Waals surface area contributed by atoms with E-state index in [1.54, 1.807) is 74.9 Å². The third kappa shape index (κ3) is 6.70. The number of carbonyl (C=O) groups excluding carboxylic acids is 2. The summed E-state index contributed by atoms with van der Waals surface area (Å²) in [6, 6.07) is 14.1. The summed E-state index contributed by atoms with van der Waals surface area (Å²) in [7, 11) is 3.13. The summed E-state index contributed by atoms with van der Waals surface area (Å²) in [4.78, 5) is 23.8. The largest absolute Gasteiger partial charge is 0.504 e. The Kier molecular flexibility index (Phi) is 7.79. The van der Waals surface area contributed by atoms with Gasteiger partial charge in [-0.25, -0.2) is 0 Å². The van der Waals surface area contributed by atoms with Crippen LogP contribution in [0.2, 0.25) is 0 Å². The molecule has 2 aromatic carbocycles. The summed E-state index contributed by atoms with van der Waals surface area (Å²) in [5.41, 5.74) is 1.51. The fraction of sp³-hybridized carbons (Fsp3) is 0.130. The number of allylic oxidation sites excluding steroid dienone is 2. The molecule has 0 fully saturated rings. The van der Waals surface area contributed by atoms with Crippen LogP contribution in [0.15, 0.2) is 72.2 Å². The van der Waals surface area contributed by atoms with Crippen LogP contribution in [0.1, 0.15) is 18.1 Å². The average Bonchev–Trinajstić information content (AvgIpc) is 2.74. The number of aliphatic hydroxyl groups excluding tert-OH is 1. The number of benzene rings is 2. The molecule has 2 aromatic rings. The Morgan fingerprint density at radius 1 is 0.793 bits per heavy atom. The van der Waals surface area contributed by atoms with Crippen LogP contribution >= 0.6 is 0 Å². The summed E-state index contributed by atoms with van der Waals surface area (Å²) >= 11 is 0. The number of rotatable bonds is 8. The Morgan fingerprint density at radius 2 is 1.24 bits per heavy atom. The number of aliphatic hydroxyl groups is 1. The molecule has 0 aliphatic heterocycles. The third-order valence-electron chi connectivity index (χ3n) is 3.79. The van der Waals surface area contributed by atoms with Crippen molar-refractivity contribution in [3.63, 3.8) is 0 Å². The van der Waals surface area contributed by atoms with Gasteiger partial charge in [-0.2, -0.15) is 0 Å². The Labute approximate surface area is 169 Å². The smallest absolute Gasteiger partial charge is 0.308 e. The van der Waals surface area contributed by atoms with Crippen molar-refractivity contribution in [2.75, 3.05) is 14.2 Å². The van der Waals surface area contributed by atoms with Gasteiger partial charge >= 0.3 is 5.97 Å². The monoisotopic (exact) mass is 394 g/mol. The van der Waals surface area contributed by atoms with Gasteiger partial charge in [-0.15, -0.1) is 0 Å². The molecule has 0 bridgehead atoms. The number of ether oxygens (including phenoxy) is 3. The zero-order valence-corrected chi connectivity index (χ0v) is 16.4. The van der Waals surface area contributed by atoms with E-state index in [0.717, 1.165) is 18.1 Å². The van der Waals surface area contributed by atoms with E-state index in [4.69, 9.17) is 14.2 Å². The van der Waals surface area contributed by atoms with E-state index < -0.39 is 23.3 Å². The SMILES string of the molecule is COc1ccc(/C=C/C(=O)/C(OC(C)=O)=C(O)/C=C/c2ccc(OC)cc2)cc1. The van der Waals surface area contributed by atoms with Gasteiger partial charge in [0.1, 0.15) is 11.5 Å². The van der Waals surface area contributed by atoms with E-state index in [-0.39, 0.29) is 0 Å². The molecular formula is C23H22O6. The summed E-state index contributed by atoms with van der Waals surface area (Å²) in [5, 5.41) is 10.3. The van der Waals surface area contributed by atoms with Gasteiger partial charge in [-0.1, -0.05) is 36.4 Å². The van der Waals surface area contributed by atoms with Gasteiger partial charge in [0, 0.05) is 6.92 Å². The molecule has 2 rings (SSSR count). The molecule has 0 heterocycles.